The molecule has 0 amide bonds. The van der Waals surface area contributed by atoms with Crippen molar-refractivity contribution in [2.45, 2.75) is 6.42 Å². The Morgan fingerprint density at radius 1 is 1.57 bits per heavy atom. The van der Waals surface area contributed by atoms with E-state index in [4.69, 9.17) is 34.3 Å². The molecule has 1 rings (SSSR count). The van der Waals surface area contributed by atoms with Gasteiger partial charge < -0.3 is 10.5 Å². The molecule has 0 aliphatic carbocycles. The standard InChI is InChI=1S/C9H9BrClNOS/c10-7-5-6(11)1-2-8(7)13-4-3-9(12)14/h1-2,5H,3-4H2,(H2,12,14). The Kier molecular flexibility index (Phi) is 4.65. The van der Waals surface area contributed by atoms with E-state index >= 15 is 0 Å². The van der Waals surface area contributed by atoms with Crippen molar-refractivity contribution in [3.05, 3.63) is 27.7 Å². The minimum atomic E-state index is 0.454. The summed E-state index contributed by atoms with van der Waals surface area (Å²) in [5.74, 6) is 0.741. The second-order valence-corrected chi connectivity index (χ2v) is 4.45. The van der Waals surface area contributed by atoms with Gasteiger partial charge in [0.1, 0.15) is 5.75 Å². The Bertz CT molecular complexity index is 346. The lowest BCUT2D eigenvalue weighted by Gasteiger charge is -2.07. The number of rotatable bonds is 4. The Morgan fingerprint density at radius 2 is 2.29 bits per heavy atom. The lowest BCUT2D eigenvalue weighted by atomic mass is 10.3. The molecule has 1 aromatic carbocycles. The molecule has 1 aromatic rings. The third kappa shape index (κ3) is 3.82. The van der Waals surface area contributed by atoms with Crippen LogP contribution < -0.4 is 10.5 Å². The van der Waals surface area contributed by atoms with E-state index in [0.29, 0.717) is 23.0 Å². The van der Waals surface area contributed by atoms with Gasteiger partial charge in [0.05, 0.1) is 16.1 Å². The van der Waals surface area contributed by atoms with Crippen molar-refractivity contribution >= 4 is 44.7 Å². The third-order valence-corrected chi connectivity index (χ3v) is 2.56. The highest BCUT2D eigenvalue weighted by molar-refractivity contribution is 9.10. The van der Waals surface area contributed by atoms with Gasteiger partial charge in [-0.05, 0) is 34.1 Å². The normalized spacial score (nSPS) is 9.86. The molecule has 2 N–H and O–H groups in total. The van der Waals surface area contributed by atoms with Crippen molar-refractivity contribution in [1.82, 2.24) is 0 Å². The molecule has 5 heteroatoms. The monoisotopic (exact) mass is 293 g/mol. The smallest absolute Gasteiger partial charge is 0.133 e. The molecule has 0 bridgehead atoms. The van der Waals surface area contributed by atoms with Crippen LogP contribution in [0.1, 0.15) is 6.42 Å². The summed E-state index contributed by atoms with van der Waals surface area (Å²) in [7, 11) is 0. The van der Waals surface area contributed by atoms with Gasteiger partial charge in [0.2, 0.25) is 0 Å². The van der Waals surface area contributed by atoms with E-state index in [1.54, 1.807) is 18.2 Å². The van der Waals surface area contributed by atoms with Crippen LogP contribution in [0.2, 0.25) is 5.02 Å². The van der Waals surface area contributed by atoms with E-state index in [1.807, 2.05) is 0 Å². The Labute approximate surface area is 102 Å². The molecule has 0 unspecified atom stereocenters. The number of benzene rings is 1. The fraction of sp³-hybridized carbons (Fsp3) is 0.222. The highest BCUT2D eigenvalue weighted by Gasteiger charge is 2.01. The third-order valence-electron chi connectivity index (χ3n) is 1.50. The summed E-state index contributed by atoms with van der Waals surface area (Å²) in [5.41, 5.74) is 5.34. The Morgan fingerprint density at radius 3 is 2.86 bits per heavy atom. The van der Waals surface area contributed by atoms with Gasteiger partial charge in [-0.1, -0.05) is 23.8 Å². The SMILES string of the molecule is NC(=S)CCOc1ccc(Cl)cc1Br. The second-order valence-electron chi connectivity index (χ2n) is 2.64. The van der Waals surface area contributed by atoms with Gasteiger partial charge >= 0.3 is 0 Å². The summed E-state index contributed by atoms with van der Waals surface area (Å²) in [4.78, 5) is 0.454. The molecule has 0 heterocycles. The molecule has 0 aromatic heterocycles. The van der Waals surface area contributed by atoms with E-state index in [1.165, 1.54) is 0 Å². The predicted octanol–water partition coefficient (Wildman–Crippen LogP) is 3.16. The van der Waals surface area contributed by atoms with Gasteiger partial charge in [-0.25, -0.2) is 0 Å². The fourth-order valence-electron chi connectivity index (χ4n) is 0.854. The van der Waals surface area contributed by atoms with Crippen molar-refractivity contribution in [2.24, 2.45) is 5.73 Å². The molecule has 0 saturated carbocycles. The minimum Gasteiger partial charge on any atom is -0.492 e. The molecule has 0 spiro atoms. The van der Waals surface area contributed by atoms with Crippen LogP contribution >= 0.6 is 39.7 Å². The predicted molar refractivity (Wildman–Crippen MR) is 66.0 cm³/mol. The van der Waals surface area contributed by atoms with E-state index in [2.05, 4.69) is 15.9 Å². The molecule has 14 heavy (non-hydrogen) atoms. The van der Waals surface area contributed by atoms with Gasteiger partial charge in [0.15, 0.2) is 0 Å². The zero-order valence-corrected chi connectivity index (χ0v) is 10.5. The number of halogens is 2. The molecule has 76 valence electrons. The van der Waals surface area contributed by atoms with Crippen LogP contribution in [0.4, 0.5) is 0 Å². The van der Waals surface area contributed by atoms with Crippen molar-refractivity contribution in [3.63, 3.8) is 0 Å². The van der Waals surface area contributed by atoms with Crippen molar-refractivity contribution in [1.29, 1.82) is 0 Å². The number of hydrogen-bond donors (Lipinski definition) is 1. The largest absolute Gasteiger partial charge is 0.492 e. The van der Waals surface area contributed by atoms with Gasteiger partial charge in [-0.3, -0.25) is 0 Å². The van der Waals surface area contributed by atoms with Gasteiger partial charge in [0, 0.05) is 11.4 Å². The van der Waals surface area contributed by atoms with Gasteiger partial charge in [-0.2, -0.15) is 0 Å². The van der Waals surface area contributed by atoms with E-state index in [-0.39, 0.29) is 0 Å². The fourth-order valence-corrected chi connectivity index (χ4v) is 1.73. The minimum absolute atomic E-state index is 0.454. The first kappa shape index (κ1) is 11.8. The first-order chi connectivity index (χ1) is 6.59. The van der Waals surface area contributed by atoms with Crippen LogP contribution in [-0.4, -0.2) is 11.6 Å². The molecule has 0 saturated heterocycles. The van der Waals surface area contributed by atoms with Crippen molar-refractivity contribution in [2.75, 3.05) is 6.61 Å². The molecular weight excluding hydrogens is 286 g/mol. The molecule has 0 atom stereocenters. The van der Waals surface area contributed by atoms with E-state index in [0.717, 1.165) is 10.2 Å². The first-order valence-electron chi connectivity index (χ1n) is 3.96. The molecule has 0 aliphatic heterocycles. The summed E-state index contributed by atoms with van der Waals surface area (Å²) in [5, 5.41) is 0.665. The Balaban J connectivity index is 2.55. The second kappa shape index (κ2) is 5.53. The Hall–Kier alpha value is -0.320. The van der Waals surface area contributed by atoms with Crippen LogP contribution in [0.15, 0.2) is 22.7 Å². The van der Waals surface area contributed by atoms with E-state index in [9.17, 15) is 0 Å². The average Bonchev–Trinajstić information content (AvgIpc) is 2.08. The molecule has 0 fully saturated rings. The summed E-state index contributed by atoms with van der Waals surface area (Å²) in [6.07, 6.45) is 0.574. The zero-order valence-electron chi connectivity index (χ0n) is 7.30. The van der Waals surface area contributed by atoms with E-state index < -0.39 is 0 Å². The van der Waals surface area contributed by atoms with Crippen LogP contribution in [0.5, 0.6) is 5.75 Å². The van der Waals surface area contributed by atoms with Crippen LogP contribution in [-0.2, 0) is 0 Å². The summed E-state index contributed by atoms with van der Waals surface area (Å²) in [6, 6.07) is 5.34. The topological polar surface area (TPSA) is 35.2 Å². The maximum Gasteiger partial charge on any atom is 0.133 e. The molecule has 0 radical (unpaired) electrons. The highest BCUT2D eigenvalue weighted by atomic mass is 79.9. The van der Waals surface area contributed by atoms with Gasteiger partial charge in [0.25, 0.3) is 0 Å². The van der Waals surface area contributed by atoms with Crippen molar-refractivity contribution in [3.8, 4) is 5.75 Å². The van der Waals surface area contributed by atoms with Gasteiger partial charge in [-0.15, -0.1) is 0 Å². The number of ether oxygens (including phenoxy) is 1. The number of nitrogens with two attached hydrogens (primary N) is 1. The highest BCUT2D eigenvalue weighted by Crippen LogP contribution is 2.27. The molecule has 0 aliphatic rings. The maximum absolute atomic E-state index is 5.78. The van der Waals surface area contributed by atoms with Crippen LogP contribution in [0.3, 0.4) is 0 Å². The lowest BCUT2D eigenvalue weighted by molar-refractivity contribution is 0.327. The first-order valence-corrected chi connectivity index (χ1v) is 5.53. The summed E-state index contributed by atoms with van der Waals surface area (Å²) in [6.45, 7) is 0.482. The average molecular weight is 295 g/mol. The number of hydrogen-bond acceptors (Lipinski definition) is 2. The molecule has 2 nitrogen and oxygen atoms in total. The lowest BCUT2D eigenvalue weighted by Crippen LogP contribution is -2.12. The van der Waals surface area contributed by atoms with Crippen LogP contribution in [0.25, 0.3) is 0 Å². The summed E-state index contributed by atoms with van der Waals surface area (Å²) >= 11 is 13.8. The zero-order chi connectivity index (χ0) is 10.6. The number of thiocarbonyl (C=S) groups is 1. The van der Waals surface area contributed by atoms with Crippen LogP contribution in [0, 0.1) is 0 Å². The molecular formula is C9H9BrClNOS. The quantitative estimate of drug-likeness (QED) is 0.866. The maximum atomic E-state index is 5.78. The van der Waals surface area contributed by atoms with Crippen molar-refractivity contribution < 1.29 is 4.74 Å². The summed E-state index contributed by atoms with van der Waals surface area (Å²) < 4.78 is 6.26.